The van der Waals surface area contributed by atoms with Crippen molar-refractivity contribution in [2.24, 2.45) is 50.7 Å². The summed E-state index contributed by atoms with van der Waals surface area (Å²) in [4.78, 5) is 67.5. The minimum absolute atomic E-state index is 0.0113. The van der Waals surface area contributed by atoms with E-state index in [9.17, 15) is 29.1 Å². The fraction of sp³-hybridized carbons (Fsp3) is 0.837. The van der Waals surface area contributed by atoms with Crippen molar-refractivity contribution in [3.8, 4) is 0 Å². The quantitative estimate of drug-likeness (QED) is 0.210. The molecule has 0 heterocycles. The van der Waals surface area contributed by atoms with Gasteiger partial charge in [0.1, 0.15) is 11.6 Å². The number of ketones is 1. The number of hydrogen-bond acceptors (Lipinski definition) is 7. The Morgan fingerprint density at radius 1 is 0.887 bits per heavy atom. The van der Waals surface area contributed by atoms with Crippen LogP contribution in [-0.2, 0) is 28.7 Å². The molecule has 0 aromatic heterocycles. The molecule has 5 aliphatic rings. The Hall–Kier alpha value is -2.75. The van der Waals surface area contributed by atoms with E-state index < -0.39 is 28.4 Å². The zero-order chi connectivity index (χ0) is 39.9. The maximum absolute atomic E-state index is 14.1. The highest BCUT2D eigenvalue weighted by Crippen LogP contribution is 2.76. The lowest BCUT2D eigenvalue weighted by molar-refractivity contribution is -0.232. The Bertz CT molecular complexity index is 1580. The number of carbonyl (C=O) groups is 5. The Labute approximate surface area is 318 Å². The molecular formula is C43H69N3O7. The molecule has 298 valence electrons. The van der Waals surface area contributed by atoms with Gasteiger partial charge in [0.2, 0.25) is 11.8 Å². The van der Waals surface area contributed by atoms with Crippen LogP contribution < -0.4 is 10.6 Å². The molecule has 0 spiro atoms. The predicted octanol–water partition coefficient (Wildman–Crippen LogP) is 6.70. The van der Waals surface area contributed by atoms with E-state index in [1.54, 1.807) is 32.6 Å². The molecule has 0 aromatic carbocycles. The van der Waals surface area contributed by atoms with Crippen molar-refractivity contribution in [1.29, 1.82) is 0 Å². The molecule has 0 aromatic rings. The SMILES string of the molecule is CC(C)C1=C2[C@H]3CC[C@@H]4[C@@]5(C)CC[C@H](OC(=O)CC(C)(C)C(=O)O)C(C)(C)[C@@H]5CC[C@@]4(C)[C@]3(C)CC[C@@]2(NC(=O)C(C)(C)NC(=O)CN(C)C)CC1=O. The van der Waals surface area contributed by atoms with Gasteiger partial charge in [-0.3, -0.25) is 24.0 Å². The predicted molar refractivity (Wildman–Crippen MR) is 205 cm³/mol. The number of rotatable bonds is 10. The molecule has 2 amide bonds. The van der Waals surface area contributed by atoms with Crippen molar-refractivity contribution >= 4 is 29.5 Å². The summed E-state index contributed by atoms with van der Waals surface area (Å²) >= 11 is 0. The van der Waals surface area contributed by atoms with Gasteiger partial charge < -0.3 is 25.4 Å². The summed E-state index contributed by atoms with van der Waals surface area (Å²) in [6.45, 7) is 23.0. The number of nitrogens with zero attached hydrogens (tertiary/aromatic N) is 1. The van der Waals surface area contributed by atoms with Crippen molar-refractivity contribution in [2.75, 3.05) is 20.6 Å². The van der Waals surface area contributed by atoms with E-state index in [0.717, 1.165) is 56.1 Å². The minimum atomic E-state index is -1.18. The van der Waals surface area contributed by atoms with Crippen LogP contribution in [0.1, 0.15) is 140 Å². The smallest absolute Gasteiger partial charge is 0.309 e. The first-order valence-corrected chi connectivity index (χ1v) is 20.2. The third-order valence-corrected chi connectivity index (χ3v) is 15.6. The number of aliphatic carboxylic acids is 1. The number of carboxylic acid groups (broad SMARTS) is 1. The number of fused-ring (bicyclic) bond motifs is 7. The van der Waals surface area contributed by atoms with Gasteiger partial charge in [-0.05, 0) is 144 Å². The summed E-state index contributed by atoms with van der Waals surface area (Å²) in [5.74, 6) is -0.845. The van der Waals surface area contributed by atoms with Gasteiger partial charge in [-0.15, -0.1) is 0 Å². The van der Waals surface area contributed by atoms with Gasteiger partial charge >= 0.3 is 11.9 Å². The first-order chi connectivity index (χ1) is 24.2. The van der Waals surface area contributed by atoms with Crippen LogP contribution >= 0.6 is 0 Å². The second kappa shape index (κ2) is 13.5. The molecule has 5 aliphatic carbocycles. The number of nitrogens with one attached hydrogen (secondary N) is 2. The van der Waals surface area contributed by atoms with Gasteiger partial charge in [0.15, 0.2) is 5.78 Å². The first kappa shape index (κ1) is 41.4. The van der Waals surface area contributed by atoms with Crippen molar-refractivity contribution in [3.63, 3.8) is 0 Å². The standard InChI is InChI=1S/C43H69N3O7/c1-25(2)33-27(47)22-43(45-35(50)39(7,8)44-31(48)24-46(12)13)21-20-41(10)26(34(33)43)14-15-29-40(9)18-17-30(53-32(49)23-37(3,4)36(51)52)38(5,6)28(40)16-19-42(29,41)11/h25-26,28-30H,14-24H2,1-13H3,(H,44,48)(H,45,50)(H,51,52)/t26-,28+,29-,30+,40+,41-,42-,43-/m1/s1. The Morgan fingerprint density at radius 3 is 2.11 bits per heavy atom. The summed E-state index contributed by atoms with van der Waals surface area (Å²) in [6.07, 6.45) is 7.12. The highest BCUT2D eigenvalue weighted by atomic mass is 16.5. The van der Waals surface area contributed by atoms with Crippen LogP contribution in [0, 0.1) is 50.7 Å². The molecule has 4 saturated carbocycles. The molecule has 0 unspecified atom stereocenters. The molecule has 0 bridgehead atoms. The summed E-state index contributed by atoms with van der Waals surface area (Å²) in [7, 11) is 3.63. The summed E-state index contributed by atoms with van der Waals surface area (Å²) in [5, 5.41) is 16.0. The van der Waals surface area contributed by atoms with E-state index in [2.05, 4.69) is 59.1 Å². The number of carboxylic acids is 1. The Morgan fingerprint density at radius 2 is 1.53 bits per heavy atom. The van der Waals surface area contributed by atoms with Crippen LogP contribution in [-0.4, -0.2) is 77.4 Å². The molecule has 3 N–H and O–H groups in total. The molecular weight excluding hydrogens is 670 g/mol. The van der Waals surface area contributed by atoms with Crippen LogP contribution in [0.4, 0.5) is 0 Å². The number of carbonyl (C=O) groups excluding carboxylic acids is 4. The topological polar surface area (TPSA) is 142 Å². The highest BCUT2D eigenvalue weighted by Gasteiger charge is 2.70. The average Bonchev–Trinajstić information content (AvgIpc) is 3.29. The molecule has 10 nitrogen and oxygen atoms in total. The van der Waals surface area contributed by atoms with E-state index in [0.29, 0.717) is 18.3 Å². The molecule has 5 rings (SSSR count). The highest BCUT2D eigenvalue weighted by molar-refractivity contribution is 6.03. The van der Waals surface area contributed by atoms with Crippen molar-refractivity contribution in [2.45, 2.75) is 158 Å². The van der Waals surface area contributed by atoms with Gasteiger partial charge in [0, 0.05) is 11.8 Å². The number of allylic oxidation sites excluding steroid dienone is 1. The Kier molecular flexibility index (Phi) is 10.5. The van der Waals surface area contributed by atoms with Gasteiger partial charge in [-0.1, -0.05) is 48.5 Å². The molecule has 10 heteroatoms. The number of Topliss-reactive ketones (excluding diaryl/α,β-unsaturated/α-hetero) is 1. The average molecular weight is 740 g/mol. The molecule has 0 saturated heterocycles. The zero-order valence-corrected chi connectivity index (χ0v) is 35.0. The third-order valence-electron chi connectivity index (χ3n) is 15.6. The lowest BCUT2D eigenvalue weighted by Crippen LogP contribution is -2.68. The minimum Gasteiger partial charge on any atom is -0.481 e. The fourth-order valence-corrected chi connectivity index (χ4v) is 12.7. The Balaban J connectivity index is 1.44. The maximum atomic E-state index is 14.1. The fourth-order valence-electron chi connectivity index (χ4n) is 12.7. The van der Waals surface area contributed by atoms with Crippen LogP contribution in [0.5, 0.6) is 0 Å². The maximum Gasteiger partial charge on any atom is 0.309 e. The summed E-state index contributed by atoms with van der Waals surface area (Å²) < 4.78 is 6.15. The molecule has 0 aliphatic heterocycles. The number of hydrogen-bond donors (Lipinski definition) is 3. The van der Waals surface area contributed by atoms with E-state index in [4.69, 9.17) is 4.74 Å². The van der Waals surface area contributed by atoms with Crippen molar-refractivity contribution in [1.82, 2.24) is 15.5 Å². The van der Waals surface area contributed by atoms with E-state index >= 15 is 0 Å². The van der Waals surface area contributed by atoms with Gasteiger partial charge in [-0.25, -0.2) is 0 Å². The van der Waals surface area contributed by atoms with Gasteiger partial charge in [0.05, 0.1) is 23.9 Å². The number of ether oxygens (including phenoxy) is 1. The van der Waals surface area contributed by atoms with Crippen LogP contribution in [0.25, 0.3) is 0 Å². The summed E-state index contributed by atoms with van der Waals surface area (Å²) in [6, 6.07) is 0. The first-order valence-electron chi connectivity index (χ1n) is 20.2. The van der Waals surface area contributed by atoms with Gasteiger partial charge in [-0.2, -0.15) is 0 Å². The van der Waals surface area contributed by atoms with Crippen molar-refractivity contribution < 1.29 is 33.8 Å². The summed E-state index contributed by atoms with van der Waals surface area (Å²) in [5.41, 5.74) is -1.41. The van der Waals surface area contributed by atoms with Crippen LogP contribution in [0.15, 0.2) is 11.1 Å². The number of esters is 1. The van der Waals surface area contributed by atoms with E-state index in [-0.39, 0.29) is 76.6 Å². The van der Waals surface area contributed by atoms with Crippen molar-refractivity contribution in [3.05, 3.63) is 11.1 Å². The largest absolute Gasteiger partial charge is 0.481 e. The lowest BCUT2D eigenvalue weighted by Gasteiger charge is -2.72. The van der Waals surface area contributed by atoms with Gasteiger partial charge in [0.25, 0.3) is 0 Å². The van der Waals surface area contributed by atoms with Crippen LogP contribution in [0.3, 0.4) is 0 Å². The third kappa shape index (κ3) is 6.68. The second-order valence-electron chi connectivity index (χ2n) is 20.8. The zero-order valence-electron chi connectivity index (χ0n) is 35.0. The van der Waals surface area contributed by atoms with Crippen LogP contribution in [0.2, 0.25) is 0 Å². The monoisotopic (exact) mass is 740 g/mol. The second-order valence-corrected chi connectivity index (χ2v) is 20.8. The number of likely N-dealkylation sites (N-methyl/N-ethyl adjacent to an activating group) is 1. The lowest BCUT2D eigenvalue weighted by atomic mass is 9.33. The molecule has 53 heavy (non-hydrogen) atoms. The molecule has 4 fully saturated rings. The van der Waals surface area contributed by atoms with E-state index in [1.807, 2.05) is 14.1 Å². The van der Waals surface area contributed by atoms with E-state index in [1.165, 1.54) is 0 Å². The molecule has 8 atom stereocenters. The molecule has 0 radical (unpaired) electrons. The normalized spacial score (nSPS) is 36.6. The number of amides is 2.